The Hall–Kier alpha value is -1.37. The number of thioether (sulfide) groups is 1. The van der Waals surface area contributed by atoms with Crippen LogP contribution in [0.15, 0.2) is 46.2 Å². The smallest absolute Gasteiger partial charge is 0.207 e. The number of rotatable bonds is 3. The first-order valence-corrected chi connectivity index (χ1v) is 9.86. The molecular formula is C17H18FNO2S2. The molecule has 0 spiro atoms. The van der Waals surface area contributed by atoms with Crippen LogP contribution in [0.3, 0.4) is 0 Å². The first kappa shape index (κ1) is 16.5. The zero-order valence-electron chi connectivity index (χ0n) is 13.0. The summed E-state index contributed by atoms with van der Waals surface area (Å²) < 4.78 is 42.1. The molecule has 0 unspecified atom stereocenters. The summed E-state index contributed by atoms with van der Waals surface area (Å²) in [4.78, 5) is 0.825. The normalized spacial score (nSPS) is 17.8. The second-order valence-electron chi connectivity index (χ2n) is 5.74. The van der Waals surface area contributed by atoms with Gasteiger partial charge in [-0.2, -0.15) is 0 Å². The van der Waals surface area contributed by atoms with E-state index in [0.29, 0.717) is 22.6 Å². The highest BCUT2D eigenvalue weighted by Crippen LogP contribution is 2.38. The lowest BCUT2D eigenvalue weighted by molar-refractivity contribution is 0.533. The maximum Gasteiger partial charge on any atom is 0.241 e. The molecule has 0 aromatic heterocycles. The van der Waals surface area contributed by atoms with Crippen molar-refractivity contribution in [2.24, 2.45) is 0 Å². The number of hydrogen-bond donors (Lipinski definition) is 1. The van der Waals surface area contributed by atoms with Crippen LogP contribution < -0.4 is 4.72 Å². The maximum absolute atomic E-state index is 13.9. The van der Waals surface area contributed by atoms with E-state index in [2.05, 4.69) is 4.72 Å². The molecule has 1 N–H and O–H groups in total. The van der Waals surface area contributed by atoms with Gasteiger partial charge in [0.05, 0.1) is 4.90 Å². The van der Waals surface area contributed by atoms with Crippen LogP contribution in [0.5, 0.6) is 0 Å². The van der Waals surface area contributed by atoms with E-state index in [1.807, 2.05) is 13.0 Å². The van der Waals surface area contributed by atoms with Gasteiger partial charge in [-0.05, 0) is 49.3 Å². The zero-order valence-corrected chi connectivity index (χ0v) is 14.6. The van der Waals surface area contributed by atoms with E-state index in [-0.39, 0.29) is 10.7 Å². The van der Waals surface area contributed by atoms with Crippen molar-refractivity contribution in [3.05, 3.63) is 58.9 Å². The lowest BCUT2D eigenvalue weighted by Gasteiger charge is -2.26. The Morgan fingerprint density at radius 3 is 2.74 bits per heavy atom. The summed E-state index contributed by atoms with van der Waals surface area (Å²) in [5, 5.41) is 0. The van der Waals surface area contributed by atoms with Crippen molar-refractivity contribution < 1.29 is 12.8 Å². The van der Waals surface area contributed by atoms with Crippen molar-refractivity contribution in [1.29, 1.82) is 0 Å². The third-order valence-electron chi connectivity index (χ3n) is 3.94. The van der Waals surface area contributed by atoms with E-state index < -0.39 is 16.1 Å². The molecule has 2 aromatic carbocycles. The molecule has 1 heterocycles. The van der Waals surface area contributed by atoms with Crippen LogP contribution in [0, 0.1) is 19.7 Å². The summed E-state index contributed by atoms with van der Waals surface area (Å²) in [6.07, 6.45) is 0.644. The maximum atomic E-state index is 13.9. The van der Waals surface area contributed by atoms with E-state index in [9.17, 15) is 12.8 Å². The third-order valence-corrected chi connectivity index (χ3v) is 6.73. The Bertz CT molecular complexity index is 850. The molecule has 0 saturated carbocycles. The highest BCUT2D eigenvalue weighted by atomic mass is 32.2. The van der Waals surface area contributed by atoms with Gasteiger partial charge < -0.3 is 0 Å². The van der Waals surface area contributed by atoms with E-state index in [1.165, 1.54) is 17.8 Å². The van der Waals surface area contributed by atoms with Crippen LogP contribution in [-0.4, -0.2) is 14.2 Å². The Balaban J connectivity index is 1.95. The Morgan fingerprint density at radius 2 is 2.00 bits per heavy atom. The van der Waals surface area contributed by atoms with E-state index in [4.69, 9.17) is 0 Å². The zero-order chi connectivity index (χ0) is 16.6. The second-order valence-corrected chi connectivity index (χ2v) is 8.53. The molecule has 23 heavy (non-hydrogen) atoms. The SMILES string of the molecule is Cc1ccc(S(=O)(=O)N[C@@H]2CCSc3c(F)cccc32)c(C)c1. The van der Waals surface area contributed by atoms with Gasteiger partial charge in [0.1, 0.15) is 5.82 Å². The van der Waals surface area contributed by atoms with Gasteiger partial charge in [0, 0.05) is 10.9 Å². The van der Waals surface area contributed by atoms with E-state index in [0.717, 1.165) is 11.1 Å². The summed E-state index contributed by atoms with van der Waals surface area (Å²) in [6, 6.07) is 9.68. The standard InChI is InChI=1S/C17H18FNO2S2/c1-11-6-7-16(12(2)10-11)23(20,21)19-15-8-9-22-17-13(15)4-3-5-14(17)18/h3-7,10,15,19H,8-9H2,1-2H3/t15-/m1/s1. The van der Waals surface area contributed by atoms with Crippen LogP contribution in [-0.2, 0) is 10.0 Å². The predicted molar refractivity (Wildman–Crippen MR) is 90.7 cm³/mol. The lowest BCUT2D eigenvalue weighted by Crippen LogP contribution is -2.31. The van der Waals surface area contributed by atoms with Crippen molar-refractivity contribution >= 4 is 21.8 Å². The van der Waals surface area contributed by atoms with Gasteiger partial charge in [0.2, 0.25) is 10.0 Å². The average molecular weight is 351 g/mol. The van der Waals surface area contributed by atoms with Crippen LogP contribution >= 0.6 is 11.8 Å². The fraction of sp³-hybridized carbons (Fsp3) is 0.294. The number of halogens is 1. The molecule has 0 aliphatic carbocycles. The third kappa shape index (κ3) is 3.29. The summed E-state index contributed by atoms with van der Waals surface area (Å²) in [5.74, 6) is 0.400. The summed E-state index contributed by atoms with van der Waals surface area (Å²) in [7, 11) is -3.64. The number of sulfonamides is 1. The van der Waals surface area contributed by atoms with Crippen molar-refractivity contribution in [3.63, 3.8) is 0 Å². The Labute approximate surface area is 140 Å². The summed E-state index contributed by atoms with van der Waals surface area (Å²) in [6.45, 7) is 3.71. The molecule has 2 aromatic rings. The second kappa shape index (κ2) is 6.26. The molecule has 0 amide bonds. The minimum absolute atomic E-state index is 0.277. The topological polar surface area (TPSA) is 46.2 Å². The molecule has 1 aliphatic rings. The predicted octanol–water partition coefficient (Wildman–Crippen LogP) is 3.96. The van der Waals surface area contributed by atoms with Gasteiger partial charge in [0.15, 0.2) is 0 Å². The number of fused-ring (bicyclic) bond motifs is 1. The van der Waals surface area contributed by atoms with E-state index >= 15 is 0 Å². The number of hydrogen-bond acceptors (Lipinski definition) is 3. The average Bonchev–Trinajstić information content (AvgIpc) is 2.47. The van der Waals surface area contributed by atoms with Crippen LogP contribution in [0.1, 0.15) is 29.2 Å². The molecule has 6 heteroatoms. The molecule has 3 rings (SSSR count). The highest BCUT2D eigenvalue weighted by Gasteiger charge is 2.28. The first-order chi connectivity index (χ1) is 10.9. The van der Waals surface area contributed by atoms with Gasteiger partial charge in [-0.1, -0.05) is 29.8 Å². The van der Waals surface area contributed by atoms with Gasteiger partial charge in [-0.25, -0.2) is 17.5 Å². The van der Waals surface area contributed by atoms with Crippen LogP contribution in [0.25, 0.3) is 0 Å². The molecule has 3 nitrogen and oxygen atoms in total. The monoisotopic (exact) mass is 351 g/mol. The minimum Gasteiger partial charge on any atom is -0.207 e. The molecule has 0 saturated heterocycles. The van der Waals surface area contributed by atoms with Crippen molar-refractivity contribution in [3.8, 4) is 0 Å². The summed E-state index contributed by atoms with van der Waals surface area (Å²) in [5.41, 5.74) is 2.44. The largest absolute Gasteiger partial charge is 0.241 e. The molecule has 1 aliphatic heterocycles. The number of nitrogens with one attached hydrogen (secondary N) is 1. The highest BCUT2D eigenvalue weighted by molar-refractivity contribution is 7.99. The van der Waals surface area contributed by atoms with Gasteiger partial charge in [-0.3, -0.25) is 0 Å². The van der Waals surface area contributed by atoms with Crippen LogP contribution in [0.2, 0.25) is 0 Å². The minimum atomic E-state index is -3.64. The van der Waals surface area contributed by atoms with Crippen molar-refractivity contribution in [1.82, 2.24) is 4.72 Å². The van der Waals surface area contributed by atoms with Crippen LogP contribution in [0.4, 0.5) is 4.39 Å². The van der Waals surface area contributed by atoms with E-state index in [1.54, 1.807) is 31.2 Å². The fourth-order valence-electron chi connectivity index (χ4n) is 2.86. The Kier molecular flexibility index (Phi) is 4.49. The quantitative estimate of drug-likeness (QED) is 0.910. The lowest BCUT2D eigenvalue weighted by atomic mass is 10.0. The molecule has 0 radical (unpaired) electrons. The molecule has 0 fully saturated rings. The molecule has 122 valence electrons. The fourth-order valence-corrected chi connectivity index (χ4v) is 5.48. The van der Waals surface area contributed by atoms with Gasteiger partial charge in [-0.15, -0.1) is 11.8 Å². The Morgan fingerprint density at radius 1 is 1.22 bits per heavy atom. The molecule has 1 atom stereocenters. The summed E-state index contributed by atoms with van der Waals surface area (Å²) >= 11 is 1.44. The van der Waals surface area contributed by atoms with Crippen molar-refractivity contribution in [2.75, 3.05) is 5.75 Å². The van der Waals surface area contributed by atoms with Gasteiger partial charge >= 0.3 is 0 Å². The number of aryl methyl sites for hydroxylation is 2. The number of benzene rings is 2. The molecular weight excluding hydrogens is 333 g/mol. The van der Waals surface area contributed by atoms with Gasteiger partial charge in [0.25, 0.3) is 0 Å². The van der Waals surface area contributed by atoms with Crippen molar-refractivity contribution in [2.45, 2.75) is 36.1 Å². The molecule has 0 bridgehead atoms. The first-order valence-electron chi connectivity index (χ1n) is 7.39.